The molecule has 4 aromatic rings. The fourth-order valence-corrected chi connectivity index (χ4v) is 6.41. The van der Waals surface area contributed by atoms with Crippen molar-refractivity contribution in [1.29, 1.82) is 0 Å². The maximum atomic E-state index is 13.7. The molecule has 2 aliphatic heterocycles. The molecule has 2 aromatic heterocycles. The van der Waals surface area contributed by atoms with Gasteiger partial charge in [-0.25, -0.2) is 4.98 Å². The van der Waals surface area contributed by atoms with Crippen molar-refractivity contribution in [2.75, 3.05) is 31.1 Å². The Morgan fingerprint density at radius 1 is 0.900 bits per heavy atom. The number of rotatable bonds is 6. The molecule has 0 atom stereocenters. The summed E-state index contributed by atoms with van der Waals surface area (Å²) >= 11 is 13.1. The molecule has 0 bridgehead atoms. The smallest absolute Gasteiger partial charge is 0.267 e. The fraction of sp³-hybridized carbons (Fsp3) is 0.200. The first-order chi connectivity index (χ1) is 19.5. The first-order valence-electron chi connectivity index (χ1n) is 13.0. The first-order valence-corrected chi connectivity index (χ1v) is 14.6. The van der Waals surface area contributed by atoms with Crippen molar-refractivity contribution >= 4 is 63.3 Å². The van der Waals surface area contributed by atoms with Gasteiger partial charge in [0.15, 0.2) is 0 Å². The Kier molecular flexibility index (Phi) is 7.71. The van der Waals surface area contributed by atoms with E-state index in [9.17, 15) is 9.59 Å². The number of hydrogen-bond donors (Lipinski definition) is 0. The second-order valence-corrected chi connectivity index (χ2v) is 11.8. The molecular weight excluding hydrogens is 562 g/mol. The summed E-state index contributed by atoms with van der Waals surface area (Å²) in [6.45, 7) is 4.26. The highest BCUT2D eigenvalue weighted by molar-refractivity contribution is 8.26. The van der Waals surface area contributed by atoms with E-state index in [0.29, 0.717) is 31.3 Å². The number of nitrogens with zero attached hydrogens (tertiary/aromatic N) is 5. The quantitative estimate of drug-likeness (QED) is 0.230. The minimum Gasteiger partial charge on any atom is -0.353 e. The number of amides is 1. The SMILES string of the molecule is O=C1C(=Cc2c(N3CCN(Cc4ccccc4)CC3)nc3ccccn3c2=O)SC(=S)N1Cc1ccccc1Cl. The molecule has 2 fully saturated rings. The van der Waals surface area contributed by atoms with Crippen molar-refractivity contribution in [3.8, 4) is 0 Å². The van der Waals surface area contributed by atoms with Gasteiger partial charge in [-0.05, 0) is 35.4 Å². The minimum absolute atomic E-state index is 0.219. The molecule has 0 N–H and O–H groups in total. The van der Waals surface area contributed by atoms with Gasteiger partial charge in [-0.2, -0.15) is 0 Å². The topological polar surface area (TPSA) is 61.2 Å². The number of aromatic nitrogens is 2. The van der Waals surface area contributed by atoms with Gasteiger partial charge < -0.3 is 4.90 Å². The van der Waals surface area contributed by atoms with E-state index in [2.05, 4.69) is 34.1 Å². The highest BCUT2D eigenvalue weighted by Crippen LogP contribution is 2.35. The van der Waals surface area contributed by atoms with Gasteiger partial charge in [-0.15, -0.1) is 0 Å². The third-order valence-corrected chi connectivity index (χ3v) is 8.85. The van der Waals surface area contributed by atoms with Crippen LogP contribution in [0.1, 0.15) is 16.7 Å². The Morgan fingerprint density at radius 3 is 2.40 bits per heavy atom. The standard InChI is InChI=1S/C30H26ClN5O2S2/c31-24-11-5-4-10-22(24)20-36-29(38)25(40-30(36)39)18-23-27(32-26-12-6-7-13-35(26)28(23)37)34-16-14-33(15-17-34)19-21-8-2-1-3-9-21/h1-13,18H,14-17,19-20H2. The Labute approximate surface area is 246 Å². The average Bonchev–Trinajstić information content (AvgIpc) is 3.24. The summed E-state index contributed by atoms with van der Waals surface area (Å²) in [5.74, 6) is 0.345. The molecule has 7 nitrogen and oxygen atoms in total. The summed E-state index contributed by atoms with van der Waals surface area (Å²) in [6.07, 6.45) is 3.36. The van der Waals surface area contributed by atoms with Crippen molar-refractivity contribution in [3.05, 3.63) is 116 Å². The lowest BCUT2D eigenvalue weighted by molar-refractivity contribution is -0.122. The van der Waals surface area contributed by atoms with Crippen LogP contribution in [0.3, 0.4) is 0 Å². The number of thioether (sulfide) groups is 1. The lowest BCUT2D eigenvalue weighted by Crippen LogP contribution is -2.47. The van der Waals surface area contributed by atoms with Crippen molar-refractivity contribution < 1.29 is 4.79 Å². The van der Waals surface area contributed by atoms with E-state index in [4.69, 9.17) is 28.8 Å². The number of piperazine rings is 1. The summed E-state index contributed by atoms with van der Waals surface area (Å²) in [5.41, 5.74) is 2.82. The van der Waals surface area contributed by atoms with E-state index >= 15 is 0 Å². The summed E-state index contributed by atoms with van der Waals surface area (Å²) in [7, 11) is 0. The van der Waals surface area contributed by atoms with Crippen molar-refractivity contribution in [3.63, 3.8) is 0 Å². The molecule has 2 saturated heterocycles. The van der Waals surface area contributed by atoms with Crippen LogP contribution in [-0.4, -0.2) is 55.6 Å². The Morgan fingerprint density at radius 2 is 1.62 bits per heavy atom. The number of benzene rings is 2. The Hall–Kier alpha value is -3.50. The second-order valence-electron chi connectivity index (χ2n) is 9.69. The fourth-order valence-electron chi connectivity index (χ4n) is 4.98. The average molecular weight is 588 g/mol. The van der Waals surface area contributed by atoms with E-state index in [1.807, 2.05) is 36.4 Å². The van der Waals surface area contributed by atoms with E-state index in [1.54, 1.807) is 24.4 Å². The van der Waals surface area contributed by atoms with Crippen LogP contribution in [0.2, 0.25) is 5.02 Å². The molecule has 2 aromatic carbocycles. The molecule has 0 unspecified atom stereocenters. The van der Waals surface area contributed by atoms with Gasteiger partial charge in [-0.3, -0.25) is 23.8 Å². The zero-order chi connectivity index (χ0) is 27.6. The van der Waals surface area contributed by atoms with Crippen LogP contribution in [0.25, 0.3) is 11.7 Å². The summed E-state index contributed by atoms with van der Waals surface area (Å²) in [4.78, 5) is 38.6. The lowest BCUT2D eigenvalue weighted by Gasteiger charge is -2.36. The van der Waals surface area contributed by atoms with Crippen LogP contribution in [0.4, 0.5) is 5.82 Å². The first kappa shape index (κ1) is 26.7. The largest absolute Gasteiger partial charge is 0.353 e. The Bertz CT molecular complexity index is 1680. The highest BCUT2D eigenvalue weighted by Gasteiger charge is 2.33. The van der Waals surface area contributed by atoms with Gasteiger partial charge in [-0.1, -0.05) is 90.2 Å². The number of hydrogen-bond acceptors (Lipinski definition) is 7. The zero-order valence-electron chi connectivity index (χ0n) is 21.6. The number of thiocarbonyl (C=S) groups is 1. The molecule has 0 saturated carbocycles. The molecule has 10 heteroatoms. The van der Waals surface area contributed by atoms with Gasteiger partial charge in [0, 0.05) is 43.9 Å². The molecule has 202 valence electrons. The molecule has 1 amide bonds. The van der Waals surface area contributed by atoms with Crippen molar-refractivity contribution in [2.45, 2.75) is 13.1 Å². The highest BCUT2D eigenvalue weighted by atomic mass is 35.5. The summed E-state index contributed by atoms with van der Waals surface area (Å²) in [5, 5.41) is 0.575. The van der Waals surface area contributed by atoms with Crippen LogP contribution < -0.4 is 10.5 Å². The lowest BCUT2D eigenvalue weighted by atomic mass is 10.1. The predicted molar refractivity (Wildman–Crippen MR) is 166 cm³/mol. The van der Waals surface area contributed by atoms with Crippen molar-refractivity contribution in [2.24, 2.45) is 0 Å². The van der Waals surface area contributed by atoms with E-state index in [-0.39, 0.29) is 18.0 Å². The van der Waals surface area contributed by atoms with Gasteiger partial charge in [0.25, 0.3) is 11.5 Å². The monoisotopic (exact) mass is 587 g/mol. The maximum Gasteiger partial charge on any atom is 0.267 e. The zero-order valence-corrected chi connectivity index (χ0v) is 24.0. The third-order valence-electron chi connectivity index (χ3n) is 7.11. The minimum atomic E-state index is -0.244. The molecule has 0 radical (unpaired) electrons. The van der Waals surface area contributed by atoms with Crippen LogP contribution in [0.5, 0.6) is 0 Å². The molecule has 0 aliphatic carbocycles. The normalized spacial score (nSPS) is 17.4. The third kappa shape index (κ3) is 5.42. The van der Waals surface area contributed by atoms with Crippen LogP contribution in [-0.2, 0) is 17.9 Å². The second kappa shape index (κ2) is 11.5. The summed E-state index contributed by atoms with van der Waals surface area (Å²) < 4.78 is 1.95. The van der Waals surface area contributed by atoms with Gasteiger partial charge in [0.05, 0.1) is 17.0 Å². The van der Waals surface area contributed by atoms with Gasteiger partial charge >= 0.3 is 0 Å². The number of carbonyl (C=O) groups excluding carboxylic acids is 1. The van der Waals surface area contributed by atoms with E-state index in [0.717, 1.165) is 38.3 Å². The number of pyridine rings is 1. The van der Waals surface area contributed by atoms with Gasteiger partial charge in [0.1, 0.15) is 15.8 Å². The van der Waals surface area contributed by atoms with Crippen LogP contribution >= 0.6 is 35.6 Å². The molecule has 6 rings (SSSR count). The molecule has 4 heterocycles. The molecule has 0 spiro atoms. The van der Waals surface area contributed by atoms with Crippen LogP contribution in [0.15, 0.2) is 88.7 Å². The molecule has 40 heavy (non-hydrogen) atoms. The van der Waals surface area contributed by atoms with Gasteiger partial charge in [0.2, 0.25) is 0 Å². The van der Waals surface area contributed by atoms with E-state index in [1.165, 1.54) is 26.6 Å². The summed E-state index contributed by atoms with van der Waals surface area (Å²) in [6, 6.07) is 23.3. The number of anilines is 1. The number of halogens is 1. The van der Waals surface area contributed by atoms with Crippen molar-refractivity contribution in [1.82, 2.24) is 19.2 Å². The number of carbonyl (C=O) groups is 1. The predicted octanol–water partition coefficient (Wildman–Crippen LogP) is 5.07. The van der Waals surface area contributed by atoms with Crippen LogP contribution in [0, 0.1) is 0 Å². The molecule has 2 aliphatic rings. The Balaban J connectivity index is 1.30. The molecular formula is C30H26ClN5O2S2. The maximum absolute atomic E-state index is 13.7. The number of fused-ring (bicyclic) bond motifs is 1. The van der Waals surface area contributed by atoms with E-state index < -0.39 is 0 Å².